The van der Waals surface area contributed by atoms with E-state index >= 15 is 0 Å². The van der Waals surface area contributed by atoms with E-state index in [1.54, 1.807) is 0 Å². The smallest absolute Gasteiger partial charge is 0.0715 e. The molecule has 4 aromatic carbocycles. The molecule has 0 unspecified atom stereocenters. The van der Waals surface area contributed by atoms with Crippen LogP contribution < -0.4 is 0 Å². The van der Waals surface area contributed by atoms with Crippen molar-refractivity contribution in [2.75, 3.05) is 0 Å². The molecule has 0 spiro atoms. The lowest BCUT2D eigenvalue weighted by atomic mass is 9.97. The van der Waals surface area contributed by atoms with Gasteiger partial charge in [-0.2, -0.15) is 0 Å². The van der Waals surface area contributed by atoms with Crippen LogP contribution in [-0.2, 0) is 0 Å². The van der Waals surface area contributed by atoms with E-state index in [1.165, 1.54) is 33.4 Å². The summed E-state index contributed by atoms with van der Waals surface area (Å²) in [6, 6.07) is 40.8. The summed E-state index contributed by atoms with van der Waals surface area (Å²) in [5.41, 5.74) is 11.5. The Morgan fingerprint density at radius 1 is 0.375 bits per heavy atom. The van der Waals surface area contributed by atoms with Gasteiger partial charge < -0.3 is 0 Å². The van der Waals surface area contributed by atoms with E-state index in [4.69, 9.17) is 4.98 Å². The fraction of sp³-hybridized carbons (Fsp3) is 0.0645. The molecular formula is C31H25N. The van der Waals surface area contributed by atoms with E-state index in [2.05, 4.69) is 129 Å². The minimum Gasteiger partial charge on any atom is -0.248 e. The van der Waals surface area contributed by atoms with E-state index < -0.39 is 0 Å². The lowest BCUT2D eigenvalue weighted by Gasteiger charge is -2.12. The van der Waals surface area contributed by atoms with Crippen LogP contribution in [0.3, 0.4) is 0 Å². The fourth-order valence-corrected chi connectivity index (χ4v) is 4.11. The topological polar surface area (TPSA) is 12.9 Å². The molecular weight excluding hydrogens is 386 g/mol. The Balaban J connectivity index is 1.67. The van der Waals surface area contributed by atoms with E-state index in [0.717, 1.165) is 22.5 Å². The molecule has 0 bridgehead atoms. The zero-order chi connectivity index (χ0) is 21.9. The van der Waals surface area contributed by atoms with Crippen molar-refractivity contribution in [2.45, 2.75) is 13.8 Å². The van der Waals surface area contributed by atoms with Crippen molar-refractivity contribution in [3.05, 3.63) is 126 Å². The average Bonchev–Trinajstić information content (AvgIpc) is 2.84. The minimum atomic E-state index is 0.984. The standard InChI is InChI=1S/C31H25N/c1-22-9-6-13-25(17-22)26-14-8-16-28(19-26)31-21-29(24-11-4-3-5-12-24)20-30(32-31)27-15-7-10-23(2)18-27/h3-21H,1-2H3. The van der Waals surface area contributed by atoms with Crippen molar-refractivity contribution < 1.29 is 0 Å². The minimum absolute atomic E-state index is 0.984. The summed E-state index contributed by atoms with van der Waals surface area (Å²) in [5.74, 6) is 0. The summed E-state index contributed by atoms with van der Waals surface area (Å²) >= 11 is 0. The van der Waals surface area contributed by atoms with Crippen molar-refractivity contribution >= 4 is 0 Å². The van der Waals surface area contributed by atoms with Crippen LogP contribution in [0.5, 0.6) is 0 Å². The van der Waals surface area contributed by atoms with Gasteiger partial charge in [0.15, 0.2) is 0 Å². The summed E-state index contributed by atoms with van der Waals surface area (Å²) in [7, 11) is 0. The van der Waals surface area contributed by atoms with Gasteiger partial charge in [-0.1, -0.05) is 102 Å². The molecule has 0 saturated carbocycles. The summed E-state index contributed by atoms with van der Waals surface area (Å²) < 4.78 is 0. The summed E-state index contributed by atoms with van der Waals surface area (Å²) in [4.78, 5) is 5.09. The van der Waals surface area contributed by atoms with Gasteiger partial charge in [0, 0.05) is 11.1 Å². The summed E-state index contributed by atoms with van der Waals surface area (Å²) in [5, 5.41) is 0. The SMILES string of the molecule is Cc1cccc(-c2cccc(-c3cc(-c4ccccc4)cc(-c4cccc(C)c4)n3)c2)c1. The van der Waals surface area contributed by atoms with Crippen molar-refractivity contribution in [3.63, 3.8) is 0 Å². The van der Waals surface area contributed by atoms with Crippen molar-refractivity contribution in [3.8, 4) is 44.8 Å². The van der Waals surface area contributed by atoms with Gasteiger partial charge in [-0.05, 0) is 60.4 Å². The number of aryl methyl sites for hydroxylation is 2. The largest absolute Gasteiger partial charge is 0.248 e. The normalized spacial score (nSPS) is 10.8. The second kappa shape index (κ2) is 8.64. The Morgan fingerprint density at radius 2 is 0.844 bits per heavy atom. The number of benzene rings is 4. The van der Waals surface area contributed by atoms with Gasteiger partial charge in [0.1, 0.15) is 0 Å². The van der Waals surface area contributed by atoms with Crippen LogP contribution in [0.25, 0.3) is 44.8 Å². The van der Waals surface area contributed by atoms with Gasteiger partial charge in [0.2, 0.25) is 0 Å². The molecule has 5 aromatic rings. The molecule has 1 heteroatoms. The van der Waals surface area contributed by atoms with Crippen molar-refractivity contribution in [2.24, 2.45) is 0 Å². The van der Waals surface area contributed by atoms with E-state index in [0.29, 0.717) is 0 Å². The molecule has 0 aliphatic rings. The maximum Gasteiger partial charge on any atom is 0.0715 e. The highest BCUT2D eigenvalue weighted by Gasteiger charge is 2.10. The van der Waals surface area contributed by atoms with E-state index in [9.17, 15) is 0 Å². The van der Waals surface area contributed by atoms with Crippen molar-refractivity contribution in [1.29, 1.82) is 0 Å². The van der Waals surface area contributed by atoms with Crippen LogP contribution in [0, 0.1) is 13.8 Å². The number of nitrogens with zero attached hydrogens (tertiary/aromatic N) is 1. The third-order valence-electron chi connectivity index (χ3n) is 5.76. The van der Waals surface area contributed by atoms with Gasteiger partial charge in [-0.15, -0.1) is 0 Å². The van der Waals surface area contributed by atoms with Gasteiger partial charge in [0.25, 0.3) is 0 Å². The highest BCUT2D eigenvalue weighted by Crippen LogP contribution is 2.32. The Labute approximate surface area is 190 Å². The first-order chi connectivity index (χ1) is 15.7. The predicted molar refractivity (Wildman–Crippen MR) is 135 cm³/mol. The molecule has 0 saturated heterocycles. The van der Waals surface area contributed by atoms with Gasteiger partial charge in [-0.25, -0.2) is 4.98 Å². The molecule has 0 amide bonds. The second-order valence-electron chi connectivity index (χ2n) is 8.31. The third-order valence-corrected chi connectivity index (χ3v) is 5.76. The molecule has 0 radical (unpaired) electrons. The fourth-order valence-electron chi connectivity index (χ4n) is 4.11. The number of rotatable bonds is 4. The average molecular weight is 412 g/mol. The number of pyridine rings is 1. The quantitative estimate of drug-likeness (QED) is 0.289. The zero-order valence-corrected chi connectivity index (χ0v) is 18.4. The van der Waals surface area contributed by atoms with Crippen LogP contribution in [0.1, 0.15) is 11.1 Å². The zero-order valence-electron chi connectivity index (χ0n) is 18.4. The maximum absolute atomic E-state index is 5.09. The Kier molecular flexibility index (Phi) is 5.39. The number of hydrogen-bond acceptors (Lipinski definition) is 1. The monoisotopic (exact) mass is 411 g/mol. The van der Waals surface area contributed by atoms with Gasteiger partial charge >= 0.3 is 0 Å². The molecule has 1 aromatic heterocycles. The predicted octanol–water partition coefficient (Wildman–Crippen LogP) is 8.37. The molecule has 154 valence electrons. The van der Waals surface area contributed by atoms with Gasteiger partial charge in [0.05, 0.1) is 11.4 Å². The second-order valence-corrected chi connectivity index (χ2v) is 8.31. The van der Waals surface area contributed by atoms with Crippen LogP contribution in [-0.4, -0.2) is 4.98 Å². The molecule has 0 aliphatic heterocycles. The third kappa shape index (κ3) is 4.24. The Morgan fingerprint density at radius 3 is 1.47 bits per heavy atom. The number of hydrogen-bond donors (Lipinski definition) is 0. The molecule has 0 N–H and O–H groups in total. The van der Waals surface area contributed by atoms with Crippen LogP contribution in [0.2, 0.25) is 0 Å². The lowest BCUT2D eigenvalue weighted by molar-refractivity contribution is 1.31. The van der Waals surface area contributed by atoms with E-state index in [-0.39, 0.29) is 0 Å². The molecule has 5 rings (SSSR count). The highest BCUT2D eigenvalue weighted by atomic mass is 14.7. The molecule has 0 atom stereocenters. The summed E-state index contributed by atoms with van der Waals surface area (Å²) in [6.45, 7) is 4.25. The number of aromatic nitrogens is 1. The summed E-state index contributed by atoms with van der Waals surface area (Å²) in [6.07, 6.45) is 0. The van der Waals surface area contributed by atoms with Gasteiger partial charge in [-0.3, -0.25) is 0 Å². The first-order valence-electron chi connectivity index (χ1n) is 11.0. The highest BCUT2D eigenvalue weighted by molar-refractivity contribution is 5.78. The first-order valence-corrected chi connectivity index (χ1v) is 11.0. The van der Waals surface area contributed by atoms with Crippen LogP contribution >= 0.6 is 0 Å². The molecule has 1 nitrogen and oxygen atoms in total. The first kappa shape index (κ1) is 20.0. The molecule has 1 heterocycles. The molecule has 32 heavy (non-hydrogen) atoms. The van der Waals surface area contributed by atoms with E-state index in [1.807, 2.05) is 0 Å². The van der Waals surface area contributed by atoms with Crippen molar-refractivity contribution in [1.82, 2.24) is 4.98 Å². The Hall–Kier alpha value is -3.97. The van der Waals surface area contributed by atoms with Crippen LogP contribution in [0.4, 0.5) is 0 Å². The molecule has 0 fully saturated rings. The lowest BCUT2D eigenvalue weighted by Crippen LogP contribution is -1.92. The maximum atomic E-state index is 5.09. The Bertz CT molecular complexity index is 1380. The molecule has 0 aliphatic carbocycles. The van der Waals surface area contributed by atoms with Crippen LogP contribution in [0.15, 0.2) is 115 Å².